The van der Waals surface area contributed by atoms with Crippen LogP contribution >= 0.6 is 15.9 Å². The predicted molar refractivity (Wildman–Crippen MR) is 87.0 cm³/mol. The van der Waals surface area contributed by atoms with E-state index in [-0.39, 0.29) is 11.4 Å². The summed E-state index contributed by atoms with van der Waals surface area (Å²) in [5.74, 6) is 0.0995. The number of rotatable bonds is 4. The second-order valence-electron chi connectivity index (χ2n) is 5.73. The number of nitrogens with one attached hydrogen (secondary N) is 2. The smallest absolute Gasteiger partial charge is 0.226 e. The largest absolute Gasteiger partial charge is 0.326 e. The SMILES string of the molecule is CNC1(CC(=O)Nc2cccc(Br)c2C)CCCCC1. The molecule has 0 heterocycles. The maximum atomic E-state index is 12.3. The van der Waals surface area contributed by atoms with Crippen LogP contribution in [-0.4, -0.2) is 18.5 Å². The van der Waals surface area contributed by atoms with E-state index in [1.54, 1.807) is 0 Å². The molecule has 3 nitrogen and oxygen atoms in total. The van der Waals surface area contributed by atoms with E-state index in [1.165, 1.54) is 19.3 Å². The first-order valence-corrected chi connectivity index (χ1v) is 8.09. The summed E-state index contributed by atoms with van der Waals surface area (Å²) in [5.41, 5.74) is 1.96. The molecule has 0 saturated heterocycles. The van der Waals surface area contributed by atoms with Crippen molar-refractivity contribution >= 4 is 27.5 Å². The Morgan fingerprint density at radius 2 is 2.00 bits per heavy atom. The van der Waals surface area contributed by atoms with E-state index in [0.29, 0.717) is 6.42 Å². The van der Waals surface area contributed by atoms with Gasteiger partial charge in [-0.15, -0.1) is 0 Å². The summed E-state index contributed by atoms with van der Waals surface area (Å²) in [7, 11) is 1.98. The van der Waals surface area contributed by atoms with Gasteiger partial charge in [0.1, 0.15) is 0 Å². The maximum absolute atomic E-state index is 12.3. The minimum Gasteiger partial charge on any atom is -0.326 e. The van der Waals surface area contributed by atoms with Gasteiger partial charge in [-0.1, -0.05) is 41.3 Å². The molecule has 4 heteroatoms. The fourth-order valence-electron chi connectivity index (χ4n) is 2.99. The van der Waals surface area contributed by atoms with Gasteiger partial charge in [-0.2, -0.15) is 0 Å². The average molecular weight is 339 g/mol. The summed E-state index contributed by atoms with van der Waals surface area (Å²) in [4.78, 5) is 12.3. The molecule has 1 aromatic rings. The molecule has 1 fully saturated rings. The molecular formula is C16H23BrN2O. The summed E-state index contributed by atoms with van der Waals surface area (Å²) < 4.78 is 1.02. The zero-order valence-electron chi connectivity index (χ0n) is 12.3. The molecule has 0 bridgehead atoms. The highest BCUT2D eigenvalue weighted by Crippen LogP contribution is 2.31. The molecule has 0 aliphatic heterocycles. The molecule has 0 aromatic heterocycles. The van der Waals surface area contributed by atoms with E-state index in [4.69, 9.17) is 0 Å². The number of hydrogen-bond acceptors (Lipinski definition) is 2. The van der Waals surface area contributed by atoms with E-state index in [2.05, 4.69) is 26.6 Å². The molecule has 0 atom stereocenters. The molecule has 1 aliphatic carbocycles. The van der Waals surface area contributed by atoms with Gasteiger partial charge in [0.25, 0.3) is 0 Å². The molecule has 0 unspecified atom stereocenters. The highest BCUT2D eigenvalue weighted by Gasteiger charge is 2.32. The van der Waals surface area contributed by atoms with Gasteiger partial charge in [0.15, 0.2) is 0 Å². The lowest BCUT2D eigenvalue weighted by Gasteiger charge is -2.36. The van der Waals surface area contributed by atoms with Crippen molar-refractivity contribution in [3.63, 3.8) is 0 Å². The topological polar surface area (TPSA) is 41.1 Å². The van der Waals surface area contributed by atoms with Crippen molar-refractivity contribution in [3.8, 4) is 0 Å². The third-order valence-corrected chi connectivity index (χ3v) is 5.24. The second-order valence-corrected chi connectivity index (χ2v) is 6.58. The Hall–Kier alpha value is -0.870. The van der Waals surface area contributed by atoms with Gasteiger partial charge < -0.3 is 10.6 Å². The lowest BCUT2D eigenvalue weighted by Crippen LogP contribution is -2.47. The molecule has 1 amide bonds. The monoisotopic (exact) mass is 338 g/mol. The summed E-state index contributed by atoms with van der Waals surface area (Å²) in [5, 5.41) is 6.44. The first-order valence-electron chi connectivity index (χ1n) is 7.30. The van der Waals surface area contributed by atoms with E-state index in [9.17, 15) is 4.79 Å². The normalized spacial score (nSPS) is 17.8. The van der Waals surface area contributed by atoms with Gasteiger partial charge in [-0.05, 0) is 44.5 Å². The first-order chi connectivity index (χ1) is 9.56. The fraction of sp³-hybridized carbons (Fsp3) is 0.562. The predicted octanol–water partition coefficient (Wildman–Crippen LogP) is 4.01. The number of anilines is 1. The van der Waals surface area contributed by atoms with Crippen LogP contribution in [0.4, 0.5) is 5.69 Å². The number of amides is 1. The Bertz CT molecular complexity index is 481. The fourth-order valence-corrected chi connectivity index (χ4v) is 3.35. The zero-order valence-corrected chi connectivity index (χ0v) is 13.8. The number of benzene rings is 1. The lowest BCUT2D eigenvalue weighted by molar-refractivity contribution is -0.117. The molecule has 0 spiro atoms. The van der Waals surface area contributed by atoms with Crippen LogP contribution in [0, 0.1) is 6.92 Å². The highest BCUT2D eigenvalue weighted by molar-refractivity contribution is 9.10. The molecule has 1 aromatic carbocycles. The zero-order chi connectivity index (χ0) is 14.6. The van der Waals surface area contributed by atoms with E-state index < -0.39 is 0 Å². The molecule has 20 heavy (non-hydrogen) atoms. The van der Waals surface area contributed by atoms with E-state index in [1.807, 2.05) is 32.2 Å². The van der Waals surface area contributed by atoms with Crippen molar-refractivity contribution in [2.24, 2.45) is 0 Å². The minimum absolute atomic E-state index is 0.0117. The van der Waals surface area contributed by atoms with Crippen LogP contribution in [0.15, 0.2) is 22.7 Å². The summed E-state index contributed by atoms with van der Waals surface area (Å²) in [6.45, 7) is 2.01. The van der Waals surface area contributed by atoms with Gasteiger partial charge >= 0.3 is 0 Å². The molecular weight excluding hydrogens is 316 g/mol. The molecule has 110 valence electrons. The Labute approximate surface area is 129 Å². The summed E-state index contributed by atoms with van der Waals surface area (Å²) >= 11 is 3.50. The maximum Gasteiger partial charge on any atom is 0.226 e. The van der Waals surface area contributed by atoms with Crippen molar-refractivity contribution in [1.82, 2.24) is 5.32 Å². The molecule has 0 radical (unpaired) electrons. The number of carbonyl (C=O) groups excluding carboxylic acids is 1. The first kappa shape index (κ1) is 15.5. The molecule has 2 rings (SSSR count). The Balaban J connectivity index is 2.03. The lowest BCUT2D eigenvalue weighted by atomic mass is 9.79. The number of carbonyl (C=O) groups is 1. The number of hydrogen-bond donors (Lipinski definition) is 2. The van der Waals surface area contributed by atoms with Crippen LogP contribution in [0.1, 0.15) is 44.1 Å². The Morgan fingerprint density at radius 1 is 1.30 bits per heavy atom. The van der Waals surface area contributed by atoms with E-state index in [0.717, 1.165) is 28.6 Å². The van der Waals surface area contributed by atoms with Gasteiger partial charge in [-0.3, -0.25) is 4.79 Å². The third kappa shape index (κ3) is 3.61. The van der Waals surface area contributed by atoms with Gasteiger partial charge in [-0.25, -0.2) is 0 Å². The minimum atomic E-state index is -0.0117. The Morgan fingerprint density at radius 3 is 2.65 bits per heavy atom. The quantitative estimate of drug-likeness (QED) is 0.870. The van der Waals surface area contributed by atoms with Crippen molar-refractivity contribution in [2.45, 2.75) is 51.0 Å². The van der Waals surface area contributed by atoms with Crippen molar-refractivity contribution < 1.29 is 4.79 Å². The van der Waals surface area contributed by atoms with Crippen LogP contribution in [0.3, 0.4) is 0 Å². The van der Waals surface area contributed by atoms with Crippen LogP contribution in [0.5, 0.6) is 0 Å². The molecule has 1 aliphatic rings. The summed E-state index contributed by atoms with van der Waals surface area (Å²) in [6, 6.07) is 5.88. The number of halogens is 1. The van der Waals surface area contributed by atoms with Crippen molar-refractivity contribution in [3.05, 3.63) is 28.2 Å². The van der Waals surface area contributed by atoms with Crippen LogP contribution in [0.25, 0.3) is 0 Å². The van der Waals surface area contributed by atoms with Gasteiger partial charge in [0.05, 0.1) is 0 Å². The van der Waals surface area contributed by atoms with Crippen molar-refractivity contribution in [2.75, 3.05) is 12.4 Å². The third-order valence-electron chi connectivity index (χ3n) is 4.38. The average Bonchev–Trinajstić information content (AvgIpc) is 2.45. The summed E-state index contributed by atoms with van der Waals surface area (Å²) in [6.07, 6.45) is 6.45. The van der Waals surface area contributed by atoms with Crippen molar-refractivity contribution in [1.29, 1.82) is 0 Å². The van der Waals surface area contributed by atoms with Gasteiger partial charge in [0.2, 0.25) is 5.91 Å². The van der Waals surface area contributed by atoms with Crippen LogP contribution in [0.2, 0.25) is 0 Å². The molecule has 2 N–H and O–H groups in total. The standard InChI is InChI=1S/C16H23BrN2O/c1-12-13(17)7-6-8-14(12)19-15(20)11-16(18-2)9-4-3-5-10-16/h6-8,18H,3-5,9-11H2,1-2H3,(H,19,20). The van der Waals surface area contributed by atoms with Gasteiger partial charge in [0, 0.05) is 22.1 Å². The van der Waals surface area contributed by atoms with Crippen LogP contribution < -0.4 is 10.6 Å². The van der Waals surface area contributed by atoms with E-state index >= 15 is 0 Å². The molecule has 1 saturated carbocycles. The Kier molecular flexibility index (Phi) is 5.22. The highest BCUT2D eigenvalue weighted by atomic mass is 79.9. The second kappa shape index (κ2) is 6.72. The van der Waals surface area contributed by atoms with Crippen LogP contribution in [-0.2, 0) is 4.79 Å².